The van der Waals surface area contributed by atoms with Crippen LogP contribution in [0.15, 0.2) is 40.3 Å². The summed E-state index contributed by atoms with van der Waals surface area (Å²) in [6, 6.07) is 9.04. The molecule has 0 aliphatic rings. The van der Waals surface area contributed by atoms with Gasteiger partial charge < -0.3 is 25.2 Å². The highest BCUT2D eigenvalue weighted by Crippen LogP contribution is 2.38. The Morgan fingerprint density at radius 3 is 2.37 bits per heavy atom. The van der Waals surface area contributed by atoms with Crippen molar-refractivity contribution in [2.45, 2.75) is 47.6 Å². The van der Waals surface area contributed by atoms with Gasteiger partial charge in [-0.3, -0.25) is 9.79 Å². The second-order valence-electron chi connectivity index (χ2n) is 9.64. The van der Waals surface area contributed by atoms with E-state index in [0.29, 0.717) is 12.2 Å². The molecule has 4 N–H and O–H groups in total. The number of phenols is 1. The van der Waals surface area contributed by atoms with Crippen LogP contribution in [0.1, 0.15) is 60.8 Å². The van der Waals surface area contributed by atoms with Crippen LogP contribution < -0.4 is 15.2 Å². The van der Waals surface area contributed by atoms with E-state index in [9.17, 15) is 9.90 Å². The molecule has 0 aliphatic carbocycles. The molecule has 2 aromatic rings. The van der Waals surface area contributed by atoms with Crippen LogP contribution in [-0.2, 0) is 0 Å². The molecule has 1 amide bonds. The van der Waals surface area contributed by atoms with Gasteiger partial charge in [0.05, 0.1) is 18.2 Å². The first-order valence-corrected chi connectivity index (χ1v) is 11.9. The van der Waals surface area contributed by atoms with Gasteiger partial charge in [0.1, 0.15) is 11.4 Å². The van der Waals surface area contributed by atoms with Gasteiger partial charge in [-0.15, -0.1) is 0 Å². The van der Waals surface area contributed by atoms with E-state index in [-0.39, 0.29) is 46.0 Å². The van der Waals surface area contributed by atoms with Crippen LogP contribution in [0.5, 0.6) is 11.5 Å². The van der Waals surface area contributed by atoms with Gasteiger partial charge in [-0.1, -0.05) is 51.8 Å². The monoisotopic (exact) mass is 499 g/mol. The maximum Gasteiger partial charge on any atom is 0.257 e. The van der Waals surface area contributed by atoms with Gasteiger partial charge in [-0.25, -0.2) is 4.99 Å². The molecule has 0 spiro atoms. The van der Waals surface area contributed by atoms with E-state index in [1.54, 1.807) is 33.2 Å². The van der Waals surface area contributed by atoms with Crippen molar-refractivity contribution < 1.29 is 14.6 Å². The molecule has 8 nitrogen and oxygen atoms in total. The largest absolute Gasteiger partial charge is 0.505 e. The minimum Gasteiger partial charge on any atom is -0.505 e. The van der Waals surface area contributed by atoms with Crippen LogP contribution in [0.25, 0.3) is 0 Å². The van der Waals surface area contributed by atoms with Crippen molar-refractivity contribution in [1.82, 2.24) is 9.62 Å². The quantitative estimate of drug-likeness (QED) is 0.261. The molecule has 0 aromatic heterocycles. The molecule has 2 rings (SSSR count). The predicted octanol–water partition coefficient (Wildman–Crippen LogP) is 4.72. The van der Waals surface area contributed by atoms with Crippen molar-refractivity contribution in [3.05, 3.63) is 52.6 Å². The van der Waals surface area contributed by atoms with Gasteiger partial charge in [0, 0.05) is 14.1 Å². The molecule has 35 heavy (non-hydrogen) atoms. The van der Waals surface area contributed by atoms with Crippen LogP contribution in [0.2, 0.25) is 0 Å². The number of nitrogens with two attached hydrogens (primary N) is 1. The van der Waals surface area contributed by atoms with Crippen molar-refractivity contribution >= 4 is 36.1 Å². The minimum atomic E-state index is -0.325. The molecule has 9 heteroatoms. The van der Waals surface area contributed by atoms with Crippen molar-refractivity contribution in [2.24, 2.45) is 21.1 Å². The summed E-state index contributed by atoms with van der Waals surface area (Å²) in [5.41, 5.74) is 9.00. The lowest BCUT2D eigenvalue weighted by Crippen LogP contribution is -2.33. The molecule has 0 heterocycles. The van der Waals surface area contributed by atoms with Gasteiger partial charge in [0.15, 0.2) is 17.4 Å². The Bertz CT molecular complexity index is 1140. The number of amidine groups is 2. The van der Waals surface area contributed by atoms with E-state index in [1.807, 2.05) is 32.0 Å². The first kappa shape index (κ1) is 28.0. The number of benzene rings is 2. The van der Waals surface area contributed by atoms with Crippen molar-refractivity contribution in [3.63, 3.8) is 0 Å². The zero-order chi connectivity index (χ0) is 26.5. The number of carbonyl (C=O) groups is 1. The van der Waals surface area contributed by atoms with Crippen LogP contribution >= 0.6 is 12.8 Å². The minimum absolute atomic E-state index is 0.0220. The van der Waals surface area contributed by atoms with Crippen LogP contribution in [-0.4, -0.2) is 48.3 Å². The lowest BCUT2D eigenvalue weighted by Gasteiger charge is -2.29. The summed E-state index contributed by atoms with van der Waals surface area (Å²) in [5.74, 6) is 0.506. The maximum absolute atomic E-state index is 12.6. The first-order chi connectivity index (χ1) is 16.3. The zero-order valence-electron chi connectivity index (χ0n) is 21.8. The fourth-order valence-corrected chi connectivity index (χ4v) is 3.77. The van der Waals surface area contributed by atoms with Gasteiger partial charge >= 0.3 is 0 Å². The second-order valence-corrected chi connectivity index (χ2v) is 9.86. The van der Waals surface area contributed by atoms with Gasteiger partial charge in [0.25, 0.3) is 5.91 Å². The molecular weight excluding hydrogens is 462 g/mol. The van der Waals surface area contributed by atoms with E-state index in [4.69, 9.17) is 15.5 Å². The summed E-state index contributed by atoms with van der Waals surface area (Å²) in [7, 11) is 3.24. The van der Waals surface area contributed by atoms with E-state index < -0.39 is 0 Å². The number of amides is 1. The van der Waals surface area contributed by atoms with Gasteiger partial charge in [-0.05, 0) is 55.0 Å². The molecule has 190 valence electrons. The van der Waals surface area contributed by atoms with Crippen LogP contribution in [0.4, 0.5) is 5.69 Å². The smallest absolute Gasteiger partial charge is 0.257 e. The Kier molecular flexibility index (Phi) is 9.20. The van der Waals surface area contributed by atoms with Crippen molar-refractivity contribution in [3.8, 4) is 11.5 Å². The maximum atomic E-state index is 12.6. The number of ether oxygens (including phenoxy) is 1. The second kappa shape index (κ2) is 11.5. The molecule has 0 saturated carbocycles. The highest BCUT2D eigenvalue weighted by molar-refractivity contribution is 7.78. The number of phenolic OH excluding ortho intramolecular Hbond substituents is 1. The lowest BCUT2D eigenvalue weighted by atomic mass is 9.82. The van der Waals surface area contributed by atoms with Crippen molar-refractivity contribution in [2.75, 3.05) is 20.7 Å². The summed E-state index contributed by atoms with van der Waals surface area (Å²) in [5, 5.41) is 10.8. The van der Waals surface area contributed by atoms with Gasteiger partial charge in [-0.2, -0.15) is 0 Å². The molecule has 0 radical (unpaired) electrons. The Morgan fingerprint density at radius 1 is 1.20 bits per heavy atom. The SMILES string of the molecule is CCOc1cc([C@H](N=C(NS)C(N)=Nc2ccc(C)c(C(=O)N(C)C)c2O)C(C)(C)C)ccc1C. The topological polar surface area (TPSA) is 113 Å². The fourth-order valence-electron chi connectivity index (χ4n) is 3.59. The first-order valence-electron chi connectivity index (χ1n) is 11.4. The fraction of sp³-hybridized carbons (Fsp3) is 0.423. The van der Waals surface area contributed by atoms with E-state index in [0.717, 1.165) is 16.9 Å². The number of hydrogen-bond acceptors (Lipinski definition) is 6. The molecule has 0 saturated heterocycles. The standard InChI is InChI=1S/C26H37N5O3S/c1-9-34-19-14-17(12-10-15(19)2)22(26(4,5)6)29-24(30-35)23(27)28-18-13-11-16(3)20(21(18)32)25(33)31(7)8/h10-14,22,32,35H,9H2,1-8H3,(H2,27,28)(H,29,30)/t22-/m0/s1. The molecular formula is C26H37N5O3S. The third kappa shape index (κ3) is 6.69. The van der Waals surface area contributed by atoms with E-state index in [2.05, 4.69) is 43.3 Å². The third-order valence-corrected chi connectivity index (χ3v) is 5.69. The number of thiol groups is 1. The number of aliphatic imine (C=N–C) groups is 2. The third-order valence-electron chi connectivity index (χ3n) is 5.48. The zero-order valence-corrected chi connectivity index (χ0v) is 22.7. The summed E-state index contributed by atoms with van der Waals surface area (Å²) in [6.45, 7) is 12.5. The average molecular weight is 500 g/mol. The van der Waals surface area contributed by atoms with Gasteiger partial charge in [0.2, 0.25) is 0 Å². The average Bonchev–Trinajstić information content (AvgIpc) is 2.77. The number of rotatable bonds is 6. The normalized spacial score (nSPS) is 13.4. The van der Waals surface area contributed by atoms with Crippen LogP contribution in [0.3, 0.4) is 0 Å². The predicted molar refractivity (Wildman–Crippen MR) is 146 cm³/mol. The molecule has 0 fully saturated rings. The van der Waals surface area contributed by atoms with E-state index >= 15 is 0 Å². The summed E-state index contributed by atoms with van der Waals surface area (Å²) < 4.78 is 8.51. The Hall–Kier alpha value is -3.20. The summed E-state index contributed by atoms with van der Waals surface area (Å²) in [4.78, 5) is 23.2. The number of hydrogen-bond donors (Lipinski definition) is 4. The number of nitrogens with zero attached hydrogens (tertiary/aromatic N) is 3. The number of carbonyl (C=O) groups excluding carboxylic acids is 1. The summed E-state index contributed by atoms with van der Waals surface area (Å²) >= 11 is 4.21. The number of nitrogens with one attached hydrogen (secondary N) is 1. The number of aromatic hydroxyl groups is 1. The molecule has 0 aliphatic heterocycles. The molecule has 2 aromatic carbocycles. The Balaban J connectivity index is 2.58. The highest BCUT2D eigenvalue weighted by atomic mass is 32.1. The summed E-state index contributed by atoms with van der Waals surface area (Å²) in [6.07, 6.45) is 0. The molecule has 1 atom stereocenters. The number of aryl methyl sites for hydroxylation is 2. The molecule has 0 unspecified atom stereocenters. The van der Waals surface area contributed by atoms with E-state index in [1.165, 1.54) is 4.90 Å². The highest BCUT2D eigenvalue weighted by Gasteiger charge is 2.28. The Labute approximate surface area is 213 Å². The van der Waals surface area contributed by atoms with Crippen molar-refractivity contribution in [1.29, 1.82) is 0 Å². The lowest BCUT2D eigenvalue weighted by molar-refractivity contribution is 0.0824. The van der Waals surface area contributed by atoms with Crippen LogP contribution in [0, 0.1) is 19.3 Å². The molecule has 0 bridgehead atoms. The Morgan fingerprint density at radius 2 is 1.83 bits per heavy atom.